The second kappa shape index (κ2) is 9.62. The number of benzene rings is 1. The monoisotopic (exact) mass is 344 g/mol. The summed E-state index contributed by atoms with van der Waals surface area (Å²) in [7, 11) is 0. The molecule has 1 aliphatic rings. The van der Waals surface area contributed by atoms with Gasteiger partial charge in [0.25, 0.3) is 5.91 Å². The predicted octanol–water partition coefficient (Wildman–Crippen LogP) is 4.61. The van der Waals surface area contributed by atoms with Crippen molar-refractivity contribution in [3.05, 3.63) is 35.4 Å². The summed E-state index contributed by atoms with van der Waals surface area (Å²) in [5.41, 5.74) is 7.04. The highest BCUT2D eigenvalue weighted by molar-refractivity contribution is 6.01. The van der Waals surface area contributed by atoms with Gasteiger partial charge in [-0.05, 0) is 44.0 Å². The van der Waals surface area contributed by atoms with Crippen LogP contribution < -0.4 is 15.6 Å². The topological polar surface area (TPSA) is 50.4 Å². The number of hydrogen-bond acceptors (Lipinski definition) is 3. The average molecular weight is 344 g/mol. The Morgan fingerprint density at radius 2 is 1.64 bits per heavy atom. The van der Waals surface area contributed by atoms with Gasteiger partial charge in [0.15, 0.2) is 0 Å². The van der Waals surface area contributed by atoms with Crippen molar-refractivity contribution in [3.8, 4) is 5.75 Å². The summed E-state index contributed by atoms with van der Waals surface area (Å²) in [6, 6.07) is 7.94. The van der Waals surface area contributed by atoms with Crippen LogP contribution in [0, 0.1) is 0 Å². The van der Waals surface area contributed by atoms with Crippen molar-refractivity contribution in [1.82, 2.24) is 10.9 Å². The maximum absolute atomic E-state index is 11.9. The summed E-state index contributed by atoms with van der Waals surface area (Å²) in [5, 5.41) is 0. The zero-order chi connectivity index (χ0) is 18.1. The molecule has 4 nitrogen and oxygen atoms in total. The Labute approximate surface area is 152 Å². The van der Waals surface area contributed by atoms with Gasteiger partial charge in [-0.15, -0.1) is 0 Å². The van der Waals surface area contributed by atoms with E-state index in [9.17, 15) is 4.79 Å². The molecule has 1 fully saturated rings. The smallest absolute Gasteiger partial charge is 0.263 e. The molecular formula is C21H32N2O2. The van der Waals surface area contributed by atoms with Crippen molar-refractivity contribution in [3.63, 3.8) is 0 Å². The first kappa shape index (κ1) is 19.5. The fraction of sp³-hybridized carbons (Fsp3) is 0.571. The zero-order valence-corrected chi connectivity index (χ0v) is 15.9. The Kier molecular flexibility index (Phi) is 7.51. The van der Waals surface area contributed by atoms with Crippen molar-refractivity contribution in [1.29, 1.82) is 0 Å². The number of hydrazine groups is 1. The number of hydrogen-bond donors (Lipinski definition) is 2. The van der Waals surface area contributed by atoms with Gasteiger partial charge in [0.1, 0.15) is 5.75 Å². The van der Waals surface area contributed by atoms with E-state index in [1.54, 1.807) is 0 Å². The van der Waals surface area contributed by atoms with Gasteiger partial charge in [0.2, 0.25) is 0 Å². The Morgan fingerprint density at radius 1 is 1.00 bits per heavy atom. The molecule has 0 unspecified atom stereocenters. The standard InChI is InChI=1S/C21H32N2O2/c1-4-5-6-7-8-9-10-15-25-18-13-11-17(12-14-18)16-19-20(24)22-23-21(19,2)3/h11-14,16,23H,4-10,15H2,1-3H3,(H,22,24)/b19-16+. The van der Waals surface area contributed by atoms with Gasteiger partial charge in [-0.3, -0.25) is 10.2 Å². The Hall–Kier alpha value is -1.81. The molecule has 0 aliphatic carbocycles. The molecule has 1 amide bonds. The fourth-order valence-corrected chi connectivity index (χ4v) is 2.95. The van der Waals surface area contributed by atoms with Crippen molar-refractivity contribution >= 4 is 12.0 Å². The van der Waals surface area contributed by atoms with Gasteiger partial charge in [-0.2, -0.15) is 0 Å². The van der Waals surface area contributed by atoms with Crippen LogP contribution in [0.4, 0.5) is 0 Å². The fourth-order valence-electron chi connectivity index (χ4n) is 2.95. The number of unbranched alkanes of at least 4 members (excludes halogenated alkanes) is 6. The number of rotatable bonds is 10. The van der Waals surface area contributed by atoms with Crippen LogP contribution in [0.5, 0.6) is 5.75 Å². The molecule has 0 radical (unpaired) electrons. The molecule has 1 aromatic carbocycles. The molecule has 1 saturated heterocycles. The molecule has 1 aromatic rings. The Morgan fingerprint density at radius 3 is 2.24 bits per heavy atom. The number of carbonyl (C=O) groups is 1. The van der Waals surface area contributed by atoms with Gasteiger partial charge in [-0.1, -0.05) is 57.6 Å². The van der Waals surface area contributed by atoms with E-state index in [2.05, 4.69) is 17.8 Å². The lowest BCUT2D eigenvalue weighted by Crippen LogP contribution is -2.38. The molecule has 0 aromatic heterocycles. The van der Waals surface area contributed by atoms with Gasteiger partial charge >= 0.3 is 0 Å². The molecule has 0 atom stereocenters. The van der Waals surface area contributed by atoms with E-state index < -0.39 is 0 Å². The molecule has 1 heterocycles. The van der Waals surface area contributed by atoms with Crippen LogP contribution in [0.25, 0.3) is 6.08 Å². The number of ether oxygens (including phenoxy) is 1. The van der Waals surface area contributed by atoms with E-state index >= 15 is 0 Å². The lowest BCUT2D eigenvalue weighted by Gasteiger charge is -2.16. The summed E-state index contributed by atoms with van der Waals surface area (Å²) in [6.07, 6.45) is 10.9. The SMILES string of the molecule is CCCCCCCCCOc1ccc(/C=C2\C(=O)NNC2(C)C)cc1. The van der Waals surface area contributed by atoms with Gasteiger partial charge in [0.05, 0.1) is 12.1 Å². The third-order valence-electron chi connectivity index (χ3n) is 4.61. The third-order valence-corrected chi connectivity index (χ3v) is 4.61. The maximum Gasteiger partial charge on any atom is 0.263 e. The molecule has 2 rings (SSSR count). The third kappa shape index (κ3) is 6.20. The Balaban J connectivity index is 1.74. The van der Waals surface area contributed by atoms with E-state index in [1.807, 2.05) is 44.2 Å². The van der Waals surface area contributed by atoms with E-state index in [4.69, 9.17) is 4.74 Å². The first-order chi connectivity index (χ1) is 12.0. The Bertz CT molecular complexity index is 576. The van der Waals surface area contributed by atoms with Gasteiger partial charge in [0, 0.05) is 5.57 Å². The lowest BCUT2D eigenvalue weighted by atomic mass is 9.94. The first-order valence-corrected chi connectivity index (χ1v) is 9.55. The second-order valence-corrected chi connectivity index (χ2v) is 7.30. The second-order valence-electron chi connectivity index (χ2n) is 7.30. The summed E-state index contributed by atoms with van der Waals surface area (Å²) in [4.78, 5) is 11.9. The van der Waals surface area contributed by atoms with E-state index in [1.165, 1.54) is 38.5 Å². The zero-order valence-electron chi connectivity index (χ0n) is 15.9. The average Bonchev–Trinajstić information content (AvgIpc) is 2.85. The normalized spacial score (nSPS) is 17.7. The minimum Gasteiger partial charge on any atom is -0.494 e. The minimum atomic E-state index is -0.358. The summed E-state index contributed by atoms with van der Waals surface area (Å²) in [6.45, 7) is 6.98. The quantitative estimate of drug-likeness (QED) is 0.481. The van der Waals surface area contributed by atoms with Crippen LogP contribution in [0.3, 0.4) is 0 Å². The lowest BCUT2D eigenvalue weighted by molar-refractivity contribution is -0.116. The maximum atomic E-state index is 11.9. The van der Waals surface area contributed by atoms with Crippen molar-refractivity contribution in [2.45, 2.75) is 71.3 Å². The van der Waals surface area contributed by atoms with Crippen LogP contribution in [-0.2, 0) is 4.79 Å². The van der Waals surface area contributed by atoms with E-state index in [0.717, 1.165) is 29.9 Å². The van der Waals surface area contributed by atoms with Crippen LogP contribution in [-0.4, -0.2) is 18.1 Å². The summed E-state index contributed by atoms with van der Waals surface area (Å²) >= 11 is 0. The predicted molar refractivity (Wildman–Crippen MR) is 103 cm³/mol. The molecule has 0 spiro atoms. The number of carbonyl (C=O) groups excluding carboxylic acids is 1. The molecule has 0 bridgehead atoms. The summed E-state index contributed by atoms with van der Waals surface area (Å²) in [5.74, 6) is 0.825. The molecule has 2 N–H and O–H groups in total. The van der Waals surface area contributed by atoms with Gasteiger partial charge in [-0.25, -0.2) is 5.43 Å². The molecule has 4 heteroatoms. The minimum absolute atomic E-state index is 0.0655. The molecule has 138 valence electrons. The molecule has 1 aliphatic heterocycles. The van der Waals surface area contributed by atoms with E-state index in [0.29, 0.717) is 0 Å². The molecular weight excluding hydrogens is 312 g/mol. The highest BCUT2D eigenvalue weighted by Crippen LogP contribution is 2.23. The highest BCUT2D eigenvalue weighted by atomic mass is 16.5. The first-order valence-electron chi connectivity index (χ1n) is 9.55. The number of nitrogens with one attached hydrogen (secondary N) is 2. The van der Waals surface area contributed by atoms with Crippen LogP contribution >= 0.6 is 0 Å². The van der Waals surface area contributed by atoms with Crippen molar-refractivity contribution in [2.75, 3.05) is 6.61 Å². The van der Waals surface area contributed by atoms with Crippen molar-refractivity contribution < 1.29 is 9.53 Å². The molecule has 0 saturated carbocycles. The van der Waals surface area contributed by atoms with Crippen LogP contribution in [0.2, 0.25) is 0 Å². The van der Waals surface area contributed by atoms with Gasteiger partial charge < -0.3 is 4.74 Å². The molecule has 25 heavy (non-hydrogen) atoms. The highest BCUT2D eigenvalue weighted by Gasteiger charge is 2.34. The largest absolute Gasteiger partial charge is 0.494 e. The van der Waals surface area contributed by atoms with Crippen LogP contribution in [0.15, 0.2) is 29.8 Å². The summed E-state index contributed by atoms with van der Waals surface area (Å²) < 4.78 is 5.81. The van der Waals surface area contributed by atoms with E-state index in [-0.39, 0.29) is 11.4 Å². The van der Waals surface area contributed by atoms with Crippen LogP contribution in [0.1, 0.15) is 71.3 Å². The number of amides is 1. The van der Waals surface area contributed by atoms with Crippen molar-refractivity contribution in [2.24, 2.45) is 0 Å².